The van der Waals surface area contributed by atoms with Gasteiger partial charge in [0.1, 0.15) is 0 Å². The second-order valence-corrected chi connectivity index (χ2v) is 5.63. The Balaban J connectivity index is 2.45. The minimum atomic E-state index is -1.01. The van der Waals surface area contributed by atoms with E-state index in [9.17, 15) is 4.79 Å². The Bertz CT molecular complexity index is 645. The van der Waals surface area contributed by atoms with Gasteiger partial charge in [0.25, 0.3) is 0 Å². The van der Waals surface area contributed by atoms with Crippen molar-refractivity contribution in [3.63, 3.8) is 0 Å². The Morgan fingerprint density at radius 2 is 1.84 bits per heavy atom. The number of aromatic carboxylic acids is 1. The van der Waals surface area contributed by atoms with Gasteiger partial charge in [-0.15, -0.1) is 0 Å². The van der Waals surface area contributed by atoms with Crippen LogP contribution in [0.4, 0.5) is 17.1 Å². The summed E-state index contributed by atoms with van der Waals surface area (Å²) < 4.78 is 1.72. The minimum absolute atomic E-state index is 0.168. The lowest BCUT2D eigenvalue weighted by atomic mass is 10.1. The Morgan fingerprint density at radius 1 is 1.11 bits per heavy atom. The third kappa shape index (κ3) is 3.27. The second-order valence-electron chi connectivity index (χ2n) is 3.86. The summed E-state index contributed by atoms with van der Waals surface area (Å²) in [7, 11) is 0. The summed E-state index contributed by atoms with van der Waals surface area (Å²) in [4.78, 5) is 11.2. The number of anilines is 3. The molecule has 0 amide bonds. The molecule has 2 aromatic carbocycles. The highest BCUT2D eigenvalue weighted by atomic mass is 79.9. The van der Waals surface area contributed by atoms with E-state index in [0.29, 0.717) is 11.4 Å². The van der Waals surface area contributed by atoms with Crippen LogP contribution in [0.3, 0.4) is 0 Å². The number of nitrogens with two attached hydrogens (primary N) is 1. The number of carbonyl (C=O) groups is 1. The van der Waals surface area contributed by atoms with Crippen molar-refractivity contribution >= 4 is 54.9 Å². The largest absolute Gasteiger partial charge is 0.478 e. The summed E-state index contributed by atoms with van der Waals surface area (Å²) >= 11 is 6.78. The highest BCUT2D eigenvalue weighted by Gasteiger charge is 2.11. The molecule has 19 heavy (non-hydrogen) atoms. The molecule has 0 saturated carbocycles. The van der Waals surface area contributed by atoms with Crippen LogP contribution >= 0.6 is 31.9 Å². The Kier molecular flexibility index (Phi) is 4.11. The van der Waals surface area contributed by atoms with Crippen molar-refractivity contribution in [3.05, 3.63) is 50.9 Å². The van der Waals surface area contributed by atoms with Gasteiger partial charge < -0.3 is 16.2 Å². The van der Waals surface area contributed by atoms with Gasteiger partial charge in [-0.1, -0.05) is 15.9 Å². The molecule has 2 rings (SSSR count). The SMILES string of the molecule is Nc1ccc(C(=O)O)c(Nc2cc(Br)ccc2Br)c1. The first-order chi connectivity index (χ1) is 8.97. The van der Waals surface area contributed by atoms with Gasteiger partial charge in [-0.3, -0.25) is 0 Å². The van der Waals surface area contributed by atoms with E-state index in [-0.39, 0.29) is 5.56 Å². The molecule has 0 spiro atoms. The van der Waals surface area contributed by atoms with E-state index in [1.807, 2.05) is 18.2 Å². The Labute approximate surface area is 126 Å². The molecule has 0 aliphatic heterocycles. The van der Waals surface area contributed by atoms with E-state index in [1.54, 1.807) is 12.1 Å². The van der Waals surface area contributed by atoms with E-state index in [0.717, 1.165) is 14.6 Å². The molecule has 2 aromatic rings. The maximum Gasteiger partial charge on any atom is 0.337 e. The van der Waals surface area contributed by atoms with Gasteiger partial charge in [0.05, 0.1) is 16.9 Å². The summed E-state index contributed by atoms with van der Waals surface area (Å²) in [5, 5.41) is 12.2. The molecule has 4 N–H and O–H groups in total. The molecule has 0 fully saturated rings. The molecule has 0 saturated heterocycles. The van der Waals surface area contributed by atoms with Crippen LogP contribution in [0.1, 0.15) is 10.4 Å². The standard InChI is InChI=1S/C13H10Br2N2O2/c14-7-1-4-10(15)12(5-7)17-11-6-8(16)2-3-9(11)13(18)19/h1-6,17H,16H2,(H,18,19). The lowest BCUT2D eigenvalue weighted by Crippen LogP contribution is -2.04. The van der Waals surface area contributed by atoms with Gasteiger partial charge in [-0.25, -0.2) is 4.79 Å². The summed E-state index contributed by atoms with van der Waals surface area (Å²) in [6, 6.07) is 10.2. The number of hydrogen-bond acceptors (Lipinski definition) is 3. The number of halogens is 2. The molecule has 0 bridgehead atoms. The fourth-order valence-electron chi connectivity index (χ4n) is 1.59. The summed E-state index contributed by atoms with van der Waals surface area (Å²) in [6.07, 6.45) is 0. The Hall–Kier alpha value is -1.53. The quantitative estimate of drug-likeness (QED) is 0.691. The monoisotopic (exact) mass is 384 g/mol. The van der Waals surface area contributed by atoms with Crippen molar-refractivity contribution in [1.29, 1.82) is 0 Å². The minimum Gasteiger partial charge on any atom is -0.478 e. The average molecular weight is 386 g/mol. The smallest absolute Gasteiger partial charge is 0.337 e. The third-order valence-electron chi connectivity index (χ3n) is 2.47. The van der Waals surface area contributed by atoms with Gasteiger partial charge in [0.2, 0.25) is 0 Å². The van der Waals surface area contributed by atoms with Crippen LogP contribution in [0.2, 0.25) is 0 Å². The lowest BCUT2D eigenvalue weighted by molar-refractivity contribution is 0.0698. The Morgan fingerprint density at radius 3 is 2.53 bits per heavy atom. The van der Waals surface area contributed by atoms with Gasteiger partial charge in [-0.2, -0.15) is 0 Å². The van der Waals surface area contributed by atoms with E-state index >= 15 is 0 Å². The first-order valence-electron chi connectivity index (χ1n) is 5.32. The van der Waals surface area contributed by atoms with Crippen molar-refractivity contribution in [1.82, 2.24) is 0 Å². The molecule has 0 heterocycles. The summed E-state index contributed by atoms with van der Waals surface area (Å²) in [6.45, 7) is 0. The van der Waals surface area contributed by atoms with Crippen LogP contribution in [0.25, 0.3) is 0 Å². The molecule has 0 aliphatic rings. The molecule has 0 atom stereocenters. The molecular formula is C13H10Br2N2O2. The predicted octanol–water partition coefficient (Wildman–Crippen LogP) is 4.24. The lowest BCUT2D eigenvalue weighted by Gasteiger charge is -2.12. The fraction of sp³-hybridized carbons (Fsp3) is 0. The van der Waals surface area contributed by atoms with Crippen molar-refractivity contribution in [2.75, 3.05) is 11.1 Å². The number of carboxylic acid groups (broad SMARTS) is 1. The van der Waals surface area contributed by atoms with E-state index < -0.39 is 5.97 Å². The van der Waals surface area contributed by atoms with Gasteiger partial charge in [0.15, 0.2) is 0 Å². The average Bonchev–Trinajstić information content (AvgIpc) is 2.33. The number of rotatable bonds is 3. The number of nitrogen functional groups attached to an aromatic ring is 1. The zero-order chi connectivity index (χ0) is 14.0. The predicted molar refractivity (Wildman–Crippen MR) is 82.9 cm³/mol. The fourth-order valence-corrected chi connectivity index (χ4v) is 2.30. The molecule has 0 unspecified atom stereocenters. The number of carboxylic acids is 1. The first kappa shape index (κ1) is 13.9. The molecular weight excluding hydrogens is 376 g/mol. The van der Waals surface area contributed by atoms with Crippen molar-refractivity contribution in [2.45, 2.75) is 0 Å². The van der Waals surface area contributed by atoms with Crippen molar-refractivity contribution in [2.24, 2.45) is 0 Å². The zero-order valence-corrected chi connectivity index (χ0v) is 12.8. The maximum absolute atomic E-state index is 11.2. The molecule has 6 heteroatoms. The van der Waals surface area contributed by atoms with Gasteiger partial charge in [-0.05, 0) is 52.3 Å². The zero-order valence-electron chi connectivity index (χ0n) is 9.65. The summed E-state index contributed by atoms with van der Waals surface area (Å²) in [5.74, 6) is -1.01. The number of hydrogen-bond donors (Lipinski definition) is 3. The van der Waals surface area contributed by atoms with Crippen LogP contribution in [-0.2, 0) is 0 Å². The molecule has 0 aromatic heterocycles. The molecule has 4 nitrogen and oxygen atoms in total. The van der Waals surface area contributed by atoms with Crippen LogP contribution in [0.5, 0.6) is 0 Å². The van der Waals surface area contributed by atoms with Crippen LogP contribution in [0, 0.1) is 0 Å². The third-order valence-corrected chi connectivity index (χ3v) is 3.66. The summed E-state index contributed by atoms with van der Waals surface area (Å²) in [5.41, 5.74) is 7.56. The molecule has 0 aliphatic carbocycles. The van der Waals surface area contributed by atoms with Crippen LogP contribution in [0.15, 0.2) is 45.3 Å². The van der Waals surface area contributed by atoms with Crippen molar-refractivity contribution < 1.29 is 9.90 Å². The second kappa shape index (κ2) is 5.63. The van der Waals surface area contributed by atoms with E-state index in [1.165, 1.54) is 6.07 Å². The highest BCUT2D eigenvalue weighted by Crippen LogP contribution is 2.31. The molecule has 98 valence electrons. The van der Waals surface area contributed by atoms with Crippen LogP contribution < -0.4 is 11.1 Å². The van der Waals surface area contributed by atoms with Gasteiger partial charge >= 0.3 is 5.97 Å². The first-order valence-corrected chi connectivity index (χ1v) is 6.91. The normalized spacial score (nSPS) is 10.2. The topological polar surface area (TPSA) is 75.4 Å². The number of benzene rings is 2. The van der Waals surface area contributed by atoms with Crippen molar-refractivity contribution in [3.8, 4) is 0 Å². The van der Waals surface area contributed by atoms with E-state index in [2.05, 4.69) is 37.2 Å². The highest BCUT2D eigenvalue weighted by molar-refractivity contribution is 9.11. The molecule has 0 radical (unpaired) electrons. The maximum atomic E-state index is 11.2. The van der Waals surface area contributed by atoms with Crippen LogP contribution in [-0.4, -0.2) is 11.1 Å². The van der Waals surface area contributed by atoms with E-state index in [4.69, 9.17) is 10.8 Å². The van der Waals surface area contributed by atoms with Gasteiger partial charge in [0, 0.05) is 14.6 Å². The number of nitrogens with one attached hydrogen (secondary N) is 1.